The molecular weight excluding hydrogens is 1280 g/mol. The van der Waals surface area contributed by atoms with Crippen molar-refractivity contribution in [2.24, 2.45) is 0 Å². The number of nitriles is 1. The molecule has 490 valence electrons. The molecule has 0 unspecified atom stereocenters. The highest BCUT2D eigenvalue weighted by molar-refractivity contribution is 7.00. The summed E-state index contributed by atoms with van der Waals surface area (Å²) in [5.74, 6) is 0. The highest BCUT2D eigenvalue weighted by Gasteiger charge is 2.46. The van der Waals surface area contributed by atoms with E-state index in [1.807, 2.05) is 30.3 Å². The quantitative estimate of drug-likeness (QED) is 0.107. The van der Waals surface area contributed by atoms with E-state index in [1.165, 1.54) is 0 Å². The van der Waals surface area contributed by atoms with Crippen LogP contribution in [-0.2, 0) is 0 Å². The summed E-state index contributed by atoms with van der Waals surface area (Å²) in [4.78, 5) is 9.95. The van der Waals surface area contributed by atoms with Gasteiger partial charge in [-0.25, -0.2) is 0 Å². The number of rotatable bonds is 13. The van der Waals surface area contributed by atoms with Crippen LogP contribution in [0.5, 0.6) is 0 Å². The van der Waals surface area contributed by atoms with Gasteiger partial charge in [0.1, 0.15) is 22.3 Å². The zero-order valence-electron chi connectivity index (χ0n) is 56.9. The molecule has 0 N–H and O–H groups in total. The molecule has 0 saturated carbocycles. The van der Waals surface area contributed by atoms with Gasteiger partial charge in [0.05, 0.1) is 23.0 Å². The molecule has 16 aromatic carbocycles. The van der Waals surface area contributed by atoms with Crippen molar-refractivity contribution in [2.45, 2.75) is 0 Å². The van der Waals surface area contributed by atoms with E-state index in [9.17, 15) is 5.26 Å². The molecule has 8 heteroatoms. The van der Waals surface area contributed by atoms with Crippen LogP contribution in [0.4, 0.5) is 68.2 Å². The molecule has 2 aliphatic heterocycles. The zero-order valence-corrected chi connectivity index (χ0v) is 56.9. The first-order valence-corrected chi connectivity index (χ1v) is 35.6. The Balaban J connectivity index is 0.962. The van der Waals surface area contributed by atoms with Crippen molar-refractivity contribution in [3.8, 4) is 61.7 Å². The summed E-state index contributed by atoms with van der Waals surface area (Å²) in [7, 11) is 0. The van der Waals surface area contributed by atoms with E-state index in [0.717, 1.165) is 184 Å². The van der Waals surface area contributed by atoms with Crippen molar-refractivity contribution >= 4 is 135 Å². The topological polar surface area (TPSA) is 63.0 Å². The minimum absolute atomic E-state index is 0.345. The maximum atomic E-state index is 10.2. The van der Waals surface area contributed by atoms with Crippen LogP contribution in [-0.4, -0.2) is 6.71 Å². The summed E-state index contributed by atoms with van der Waals surface area (Å²) in [6.07, 6.45) is 0. The van der Waals surface area contributed by atoms with Gasteiger partial charge in [0.25, 0.3) is 6.71 Å². The van der Waals surface area contributed by atoms with Crippen molar-refractivity contribution in [1.29, 1.82) is 5.26 Å². The lowest BCUT2D eigenvalue weighted by Crippen LogP contribution is -2.61. The summed E-state index contributed by atoms with van der Waals surface area (Å²) in [6, 6.07) is 138. The average molecular weight is 1340 g/mol. The van der Waals surface area contributed by atoms with Crippen molar-refractivity contribution in [2.75, 3.05) is 19.6 Å². The third-order valence-corrected chi connectivity index (χ3v) is 21.0. The Morgan fingerprint density at radius 1 is 0.267 bits per heavy atom. The fraction of sp³-hybridized carbons (Fsp3) is 0. The predicted molar refractivity (Wildman–Crippen MR) is 436 cm³/mol. The van der Waals surface area contributed by atoms with E-state index in [-0.39, 0.29) is 6.71 Å². The molecule has 0 bridgehead atoms. The van der Waals surface area contributed by atoms with Crippen LogP contribution in [0, 0.1) is 11.3 Å². The first-order chi connectivity index (χ1) is 52.1. The molecule has 2 aromatic heterocycles. The van der Waals surface area contributed by atoms with Crippen molar-refractivity contribution in [3.05, 3.63) is 382 Å². The van der Waals surface area contributed by atoms with Gasteiger partial charge < -0.3 is 28.4 Å². The van der Waals surface area contributed by atoms with E-state index in [1.54, 1.807) is 0 Å². The average Bonchev–Trinajstić information content (AvgIpc) is 1.10. The van der Waals surface area contributed by atoms with Crippen LogP contribution in [0.15, 0.2) is 385 Å². The van der Waals surface area contributed by atoms with Crippen LogP contribution in [0.2, 0.25) is 0 Å². The molecular formula is C97H62BN5O2. The smallest absolute Gasteiger partial charge is 0.252 e. The molecule has 0 aliphatic carbocycles. The van der Waals surface area contributed by atoms with Gasteiger partial charge in [-0.15, -0.1) is 0 Å². The fourth-order valence-corrected chi connectivity index (χ4v) is 16.4. The summed E-state index contributed by atoms with van der Waals surface area (Å²) in [6.45, 7) is -0.345. The van der Waals surface area contributed by atoms with E-state index in [2.05, 4.69) is 371 Å². The Bertz CT molecular complexity index is 6250. The number of hydrogen-bond acceptors (Lipinski definition) is 7. The maximum Gasteiger partial charge on any atom is 0.252 e. The zero-order chi connectivity index (χ0) is 69.5. The number of para-hydroxylation sites is 6. The predicted octanol–water partition coefficient (Wildman–Crippen LogP) is 24.7. The first-order valence-electron chi connectivity index (χ1n) is 35.6. The standard InChI is InChI=1S/C97H62BN5O2/c99-63-64-46-49-74(50-47-64)101(73-38-20-7-21-39-73)76-52-54-84-86(62-76)103(97-79(67-30-12-3-13-31-67)43-25-44-80(97)68-32-14-4-15-33-68)88-60-70(69-48-55-90-82(58-69)94-92(105-90)57-56-91-93(94)81-40-22-23-45-89(81)104-91)59-87-95(88)98(84)83-53-51-75(100(71-34-16-5-17-35-71)72-36-18-6-19-37-72)61-85(83)102(87)96-77(65-26-8-1-9-27-65)41-24-42-78(96)66-28-10-2-11-29-66/h1-62H. The maximum absolute atomic E-state index is 10.2. The molecule has 0 atom stereocenters. The summed E-state index contributed by atoms with van der Waals surface area (Å²) in [5.41, 5.74) is 30.0. The third-order valence-electron chi connectivity index (χ3n) is 21.0. The van der Waals surface area contributed by atoms with Crippen LogP contribution in [0.1, 0.15) is 5.56 Å². The van der Waals surface area contributed by atoms with E-state index >= 15 is 0 Å². The first kappa shape index (κ1) is 60.8. The number of nitrogens with zero attached hydrogens (tertiary/aromatic N) is 5. The second-order valence-corrected chi connectivity index (χ2v) is 26.9. The minimum Gasteiger partial charge on any atom is -0.456 e. The molecule has 0 spiro atoms. The summed E-state index contributed by atoms with van der Waals surface area (Å²) in [5, 5.41) is 14.3. The largest absolute Gasteiger partial charge is 0.456 e. The van der Waals surface area contributed by atoms with Crippen LogP contribution >= 0.6 is 0 Å². The van der Waals surface area contributed by atoms with Gasteiger partial charge in [0.2, 0.25) is 0 Å². The lowest BCUT2D eigenvalue weighted by molar-refractivity contribution is 0.663. The van der Waals surface area contributed by atoms with Crippen molar-refractivity contribution in [3.63, 3.8) is 0 Å². The van der Waals surface area contributed by atoms with E-state index in [4.69, 9.17) is 8.83 Å². The van der Waals surface area contributed by atoms with E-state index < -0.39 is 0 Å². The molecule has 20 rings (SSSR count). The number of furan rings is 2. The molecule has 18 aromatic rings. The highest BCUT2D eigenvalue weighted by atomic mass is 16.3. The molecule has 2 aliphatic rings. The highest BCUT2D eigenvalue weighted by Crippen LogP contribution is 2.56. The van der Waals surface area contributed by atoms with Gasteiger partial charge in [-0.1, -0.05) is 249 Å². The van der Waals surface area contributed by atoms with Crippen LogP contribution in [0.25, 0.3) is 99.5 Å². The molecule has 0 radical (unpaired) electrons. The van der Waals surface area contributed by atoms with Gasteiger partial charge >= 0.3 is 0 Å². The Morgan fingerprint density at radius 3 is 1.06 bits per heavy atom. The second kappa shape index (κ2) is 25.2. The normalized spacial score (nSPS) is 12.1. The molecule has 105 heavy (non-hydrogen) atoms. The summed E-state index contributed by atoms with van der Waals surface area (Å²) < 4.78 is 13.5. The molecule has 0 amide bonds. The Kier molecular flexibility index (Phi) is 14.6. The van der Waals surface area contributed by atoms with Crippen LogP contribution in [0.3, 0.4) is 0 Å². The third kappa shape index (κ3) is 10.2. The van der Waals surface area contributed by atoms with Gasteiger partial charge in [-0.2, -0.15) is 5.26 Å². The summed E-state index contributed by atoms with van der Waals surface area (Å²) >= 11 is 0. The lowest BCUT2D eigenvalue weighted by Gasteiger charge is -2.46. The Morgan fingerprint density at radius 2 is 0.629 bits per heavy atom. The second-order valence-electron chi connectivity index (χ2n) is 26.9. The number of hydrogen-bond donors (Lipinski definition) is 0. The SMILES string of the molecule is N#Cc1ccc(N(c2ccccc2)c2ccc3c(c2)N(c2c(-c4ccccc4)cccc2-c2ccccc2)c2cc(-c4ccc5oc6ccc7oc8ccccc8c7c6c5c4)cc4c2B3c2ccc(N(c3ccccc3)c3ccccc3)cc2N4c2c(-c3ccccc3)cccc2-c2ccccc2)cc1. The monoisotopic (exact) mass is 1340 g/mol. The number of benzene rings is 16. The Hall–Kier alpha value is -14.1. The van der Waals surface area contributed by atoms with Gasteiger partial charge in [-0.05, 0) is 177 Å². The molecule has 7 nitrogen and oxygen atoms in total. The molecule has 4 heterocycles. The molecule has 0 saturated heterocycles. The van der Waals surface area contributed by atoms with Crippen molar-refractivity contribution < 1.29 is 8.83 Å². The van der Waals surface area contributed by atoms with Crippen LogP contribution < -0.4 is 36.0 Å². The van der Waals surface area contributed by atoms with E-state index in [0.29, 0.717) is 5.56 Å². The lowest BCUT2D eigenvalue weighted by atomic mass is 9.33. The van der Waals surface area contributed by atoms with Gasteiger partial charge in [-0.3, -0.25) is 0 Å². The van der Waals surface area contributed by atoms with Crippen molar-refractivity contribution in [1.82, 2.24) is 0 Å². The minimum atomic E-state index is -0.345. The molecule has 0 fully saturated rings. The van der Waals surface area contributed by atoms with Gasteiger partial charge in [0, 0.05) is 101 Å². The number of anilines is 12. The number of fused-ring (bicyclic) bond motifs is 11. The Labute approximate surface area is 608 Å². The van der Waals surface area contributed by atoms with Gasteiger partial charge in [0.15, 0.2) is 0 Å². The fourth-order valence-electron chi connectivity index (χ4n) is 16.4.